The summed E-state index contributed by atoms with van der Waals surface area (Å²) in [7, 11) is 1.39. The van der Waals surface area contributed by atoms with E-state index in [1.54, 1.807) is 6.08 Å². The summed E-state index contributed by atoms with van der Waals surface area (Å²) in [4.78, 5) is 12.7. The van der Waals surface area contributed by atoms with Crippen LogP contribution in [0, 0.1) is 17.8 Å². The minimum Gasteiger partial charge on any atom is -0.454 e. The molecule has 23 heteroatoms. The van der Waals surface area contributed by atoms with Crippen LogP contribution in [0.2, 0.25) is 0 Å². The third kappa shape index (κ3) is 11.6. The molecular weight excluding hydrogens is 884 g/mol. The second kappa shape index (κ2) is 22.6. The Morgan fingerprint density at radius 2 is 1.26 bits per heavy atom. The first-order valence-electron chi connectivity index (χ1n) is 23.2. The van der Waals surface area contributed by atoms with Gasteiger partial charge in [0, 0.05) is 31.9 Å². The minimum absolute atomic E-state index is 0.0194. The van der Waals surface area contributed by atoms with E-state index in [-0.39, 0.29) is 44.1 Å². The summed E-state index contributed by atoms with van der Waals surface area (Å²) in [5.74, 6) is -1.76. The topological polar surface area (TPSA) is 367 Å². The van der Waals surface area contributed by atoms with Crippen LogP contribution in [0.5, 0.6) is 0 Å². The Labute approximate surface area is 381 Å². The number of carbonyl (C=O) groups is 1. The highest BCUT2D eigenvalue weighted by molar-refractivity contribution is 5.82. The van der Waals surface area contributed by atoms with Crippen molar-refractivity contribution in [2.24, 2.45) is 17.8 Å². The number of esters is 1. The van der Waals surface area contributed by atoms with Gasteiger partial charge in [-0.25, -0.2) is 4.79 Å². The average molecular weight is 956 g/mol. The van der Waals surface area contributed by atoms with Crippen LogP contribution in [0.25, 0.3) is 0 Å². The van der Waals surface area contributed by atoms with E-state index in [0.717, 1.165) is 0 Å². The highest BCUT2D eigenvalue weighted by atomic mass is 16.7. The maximum absolute atomic E-state index is 12.7. The number of hydrogen-bond acceptors (Lipinski definition) is 22. The van der Waals surface area contributed by atoms with Gasteiger partial charge in [-0.15, -0.1) is 0 Å². The fourth-order valence-corrected chi connectivity index (χ4v) is 10.8. The van der Waals surface area contributed by atoms with Gasteiger partial charge in [0.05, 0.1) is 55.8 Å². The molecule has 23 nitrogen and oxygen atoms in total. The molecule has 0 aromatic carbocycles. The molecule has 0 radical (unpaired) electrons. The highest BCUT2D eigenvalue weighted by Crippen LogP contribution is 2.44. The zero-order chi connectivity index (χ0) is 47.7. The lowest BCUT2D eigenvalue weighted by Gasteiger charge is -2.50. The first-order valence-corrected chi connectivity index (χ1v) is 23.2. The Bertz CT molecular complexity index is 1570. The maximum atomic E-state index is 12.7. The first kappa shape index (κ1) is 52.2. The molecule has 0 bridgehead atoms. The largest absolute Gasteiger partial charge is 0.454 e. The number of ether oxygens (including phenoxy) is 9. The summed E-state index contributed by atoms with van der Waals surface area (Å²) < 4.78 is 51.9. The monoisotopic (exact) mass is 955 g/mol. The van der Waals surface area contributed by atoms with E-state index in [9.17, 15) is 71.2 Å². The van der Waals surface area contributed by atoms with E-state index < -0.39 is 172 Å². The molecular formula is C43H71O23+. The summed E-state index contributed by atoms with van der Waals surface area (Å²) in [5.41, 5.74) is 0. The molecule has 4 heterocycles. The molecule has 4 saturated heterocycles. The fraction of sp³-hybridized carbons (Fsp3) is 0.930. The van der Waals surface area contributed by atoms with Crippen molar-refractivity contribution in [1.29, 1.82) is 0 Å². The zero-order valence-corrected chi connectivity index (χ0v) is 37.0. The summed E-state index contributed by atoms with van der Waals surface area (Å²) in [6.45, 7) is 0.222. The molecule has 0 aromatic heterocycles. The minimum atomic E-state index is -1.86. The van der Waals surface area contributed by atoms with Crippen molar-refractivity contribution in [3.8, 4) is 0 Å². The van der Waals surface area contributed by atoms with Crippen molar-refractivity contribution >= 4 is 5.97 Å². The molecule has 66 heavy (non-hydrogen) atoms. The van der Waals surface area contributed by atoms with Gasteiger partial charge in [-0.1, -0.05) is 6.08 Å². The molecule has 14 N–H and O–H groups in total. The molecule has 380 valence electrons. The number of carbonyl (C=O) groups excluding carboxylic acids is 1. The number of aliphatic hydroxyl groups excluding tert-OH is 13. The van der Waals surface area contributed by atoms with Gasteiger partial charge in [-0.05, 0) is 57.8 Å². The van der Waals surface area contributed by atoms with Gasteiger partial charge in [-0.3, -0.25) is 0 Å². The van der Waals surface area contributed by atoms with Crippen molar-refractivity contribution in [1.82, 2.24) is 0 Å². The molecule has 7 aliphatic rings. The second-order valence-electron chi connectivity index (χ2n) is 19.2. The van der Waals surface area contributed by atoms with Gasteiger partial charge in [0.15, 0.2) is 37.2 Å². The molecule has 3 aliphatic carbocycles. The Balaban J connectivity index is 1.03. The van der Waals surface area contributed by atoms with Crippen LogP contribution in [0.15, 0.2) is 12.2 Å². The normalized spacial score (nSPS) is 51.6. The first-order chi connectivity index (χ1) is 31.4. The second-order valence-corrected chi connectivity index (χ2v) is 19.2. The lowest BCUT2D eigenvalue weighted by molar-refractivity contribution is -0.371. The predicted octanol–water partition coefficient (Wildman–Crippen LogP) is -5.55. The summed E-state index contributed by atoms with van der Waals surface area (Å²) in [6, 6.07) is 0. The Hall–Kier alpha value is -1.63. The van der Waals surface area contributed by atoms with Gasteiger partial charge >= 0.3 is 5.97 Å². The van der Waals surface area contributed by atoms with Crippen LogP contribution in [0.4, 0.5) is 0 Å². The SMILES string of the molecule is COC1CC(C2[OH+]C3CC(O)CC(OC4OC(CO)C(O)C(O)C4O)C3CC2OC2OC(COC3OC(C)C(OC(=O)C=CC4CCC(O)CC4)C(O)C3O)C(O)C(O)C2O)CC(O)C1O. The zero-order valence-electron chi connectivity index (χ0n) is 37.0. The van der Waals surface area contributed by atoms with Crippen molar-refractivity contribution in [2.45, 2.75) is 212 Å². The molecule has 7 fully saturated rings. The molecule has 3 saturated carbocycles. The molecule has 0 spiro atoms. The molecule has 4 aliphatic heterocycles. The Morgan fingerprint density at radius 1 is 0.636 bits per heavy atom. The van der Waals surface area contributed by atoms with Crippen LogP contribution in [-0.4, -0.2) is 244 Å². The molecule has 7 rings (SSSR count). The smallest absolute Gasteiger partial charge is 0.330 e. The molecule has 25 atom stereocenters. The third-order valence-corrected chi connectivity index (χ3v) is 14.7. The lowest BCUT2D eigenvalue weighted by Crippen LogP contribution is -2.65. The maximum Gasteiger partial charge on any atom is 0.330 e. The van der Waals surface area contributed by atoms with Gasteiger partial charge < -0.3 is 109 Å². The van der Waals surface area contributed by atoms with E-state index in [1.165, 1.54) is 20.1 Å². The number of methoxy groups -OCH3 is 1. The summed E-state index contributed by atoms with van der Waals surface area (Å²) in [5, 5.41) is 139. The average Bonchev–Trinajstić information content (AvgIpc) is 3.29. The lowest BCUT2D eigenvalue weighted by atomic mass is 9.72. The van der Waals surface area contributed by atoms with Crippen LogP contribution >= 0.6 is 0 Å². The van der Waals surface area contributed by atoms with Gasteiger partial charge in [0.25, 0.3) is 0 Å². The van der Waals surface area contributed by atoms with Crippen LogP contribution in [-0.2, 0) is 42.7 Å². The standard InChI is InChI=1S/C43H70O23/c1-16-39(66-29(48)8-5-17-3-6-19(45)7-4-17)35(54)38(57)41(60-16)59-15-28-32(51)34(53)37(56)43(65-28)63-26-13-21-23(61-40(26)18-9-22(47)30(49)25(10-18)58-2)11-20(46)12-24(21)62-42-36(55)33(52)31(50)27(14-44)64-42/h5,8,16-28,30-47,49-57H,3-4,6-7,9-15H2,1-2H3/p+1. The van der Waals surface area contributed by atoms with Gasteiger partial charge in [0.2, 0.25) is 0 Å². The fourth-order valence-electron chi connectivity index (χ4n) is 10.8. The van der Waals surface area contributed by atoms with Crippen LogP contribution < -0.4 is 0 Å². The summed E-state index contributed by atoms with van der Waals surface area (Å²) in [6.07, 6.45) is -25.4. The number of rotatable bonds is 13. The van der Waals surface area contributed by atoms with Gasteiger partial charge in [0.1, 0.15) is 73.2 Å². The number of allylic oxidation sites excluding steroid dienone is 1. The van der Waals surface area contributed by atoms with E-state index in [0.29, 0.717) is 25.7 Å². The number of hydrogen-bond donors (Lipinski definition) is 13. The van der Waals surface area contributed by atoms with E-state index >= 15 is 0 Å². The molecule has 0 amide bonds. The van der Waals surface area contributed by atoms with Gasteiger partial charge in [-0.2, -0.15) is 0 Å². The van der Waals surface area contributed by atoms with Crippen molar-refractivity contribution in [2.75, 3.05) is 20.3 Å². The Kier molecular flexibility index (Phi) is 17.9. The Morgan fingerprint density at radius 3 is 1.91 bits per heavy atom. The third-order valence-electron chi connectivity index (χ3n) is 14.7. The van der Waals surface area contributed by atoms with Crippen LogP contribution in [0.3, 0.4) is 0 Å². The number of aliphatic hydroxyl groups is 15. The molecule has 0 aromatic rings. The van der Waals surface area contributed by atoms with E-state index in [2.05, 4.69) is 0 Å². The number of fused-ring (bicyclic) bond motifs is 1. The highest BCUT2D eigenvalue weighted by Gasteiger charge is 2.58. The predicted molar refractivity (Wildman–Crippen MR) is 218 cm³/mol. The molecule has 25 unspecified atom stereocenters. The summed E-state index contributed by atoms with van der Waals surface area (Å²) >= 11 is 0. The van der Waals surface area contributed by atoms with Crippen molar-refractivity contribution in [3.05, 3.63) is 12.2 Å². The van der Waals surface area contributed by atoms with Crippen molar-refractivity contribution in [3.63, 3.8) is 0 Å². The quantitative estimate of drug-likeness (QED) is 0.0465. The van der Waals surface area contributed by atoms with Crippen molar-refractivity contribution < 1.29 is 114 Å². The van der Waals surface area contributed by atoms with E-state index in [4.69, 9.17) is 42.6 Å². The van der Waals surface area contributed by atoms with Crippen LogP contribution in [0.1, 0.15) is 64.7 Å². The van der Waals surface area contributed by atoms with E-state index in [1.807, 2.05) is 0 Å².